The van der Waals surface area contributed by atoms with Gasteiger partial charge in [0.2, 0.25) is 5.95 Å². The summed E-state index contributed by atoms with van der Waals surface area (Å²) in [6.45, 7) is 6.93. The van der Waals surface area contributed by atoms with Crippen molar-refractivity contribution in [2.75, 3.05) is 24.6 Å². The van der Waals surface area contributed by atoms with E-state index in [1.165, 1.54) is 4.57 Å². The fourth-order valence-corrected chi connectivity index (χ4v) is 5.43. The van der Waals surface area contributed by atoms with E-state index in [2.05, 4.69) is 27.5 Å². The summed E-state index contributed by atoms with van der Waals surface area (Å²) in [5.74, 6) is 5.93. The molecular weight excluding hydrogens is 522 g/mol. The van der Waals surface area contributed by atoms with Crippen LogP contribution in [0.3, 0.4) is 0 Å². The average Bonchev–Trinajstić information content (AvgIpc) is 3.34. The molecule has 4 heterocycles. The van der Waals surface area contributed by atoms with Crippen LogP contribution in [0.2, 0.25) is 0 Å². The summed E-state index contributed by atoms with van der Waals surface area (Å²) >= 11 is 0. The van der Waals surface area contributed by atoms with Gasteiger partial charge in [0, 0.05) is 24.0 Å². The van der Waals surface area contributed by atoms with E-state index >= 15 is 0 Å². The zero-order valence-electron chi connectivity index (χ0n) is 23.9. The molecule has 0 amide bonds. The lowest BCUT2D eigenvalue weighted by atomic mass is 10.1. The molecule has 11 heteroatoms. The standard InChI is InChI=1S/C30H35N7O4/c1-4-6-14-35-26-27(33-29(35)34-13-9-11-22(31)17-34)36(19-25(38)41-15-5-2)30(40)37(28(26)39)18-24-23-12-8-7-10-21(23)16-20(3)32-24/h7-8,10,12,16,22H,5,9,11,13-15,17-19,31H2,1-3H3/p+1. The predicted octanol–water partition coefficient (Wildman–Crippen LogP) is 1.45. The van der Waals surface area contributed by atoms with Crippen LogP contribution in [0.4, 0.5) is 5.95 Å². The van der Waals surface area contributed by atoms with Crippen LogP contribution in [0, 0.1) is 18.8 Å². The first-order valence-electron chi connectivity index (χ1n) is 14.0. The van der Waals surface area contributed by atoms with Crippen molar-refractivity contribution in [3.05, 3.63) is 62.6 Å². The van der Waals surface area contributed by atoms with Crippen molar-refractivity contribution >= 4 is 33.9 Å². The molecule has 0 saturated carbocycles. The normalized spacial score (nSPS) is 15.2. The smallest absolute Gasteiger partial charge is 0.333 e. The minimum Gasteiger partial charge on any atom is -0.464 e. The van der Waals surface area contributed by atoms with Crippen LogP contribution in [0.1, 0.15) is 44.5 Å². The van der Waals surface area contributed by atoms with Gasteiger partial charge in [0.1, 0.15) is 12.6 Å². The van der Waals surface area contributed by atoms with E-state index in [9.17, 15) is 14.4 Å². The van der Waals surface area contributed by atoms with E-state index < -0.39 is 17.2 Å². The lowest BCUT2D eigenvalue weighted by molar-refractivity contribution is -0.419. The number of nitrogens with zero attached hydrogens (tertiary/aromatic N) is 6. The summed E-state index contributed by atoms with van der Waals surface area (Å²) in [5, 5.41) is 1.81. The van der Waals surface area contributed by atoms with Gasteiger partial charge in [-0.15, -0.1) is 5.92 Å². The van der Waals surface area contributed by atoms with Gasteiger partial charge in [-0.1, -0.05) is 37.1 Å². The van der Waals surface area contributed by atoms with Gasteiger partial charge >= 0.3 is 11.7 Å². The third kappa shape index (κ3) is 5.60. The van der Waals surface area contributed by atoms with Crippen LogP contribution < -0.4 is 21.9 Å². The van der Waals surface area contributed by atoms with Crippen molar-refractivity contribution < 1.29 is 15.3 Å². The molecule has 3 N–H and O–H groups in total. The number of quaternary nitrogens is 1. The summed E-state index contributed by atoms with van der Waals surface area (Å²) in [6.07, 6.45) is 2.59. The lowest BCUT2D eigenvalue weighted by Crippen LogP contribution is -2.67. The monoisotopic (exact) mass is 558 g/mol. The molecular formula is C30H36N7O4+. The summed E-state index contributed by atoms with van der Waals surface area (Å²) in [6, 6.07) is 9.90. The number of imidazole rings is 1. The molecule has 41 heavy (non-hydrogen) atoms. The van der Waals surface area contributed by atoms with Crippen molar-refractivity contribution in [1.29, 1.82) is 0 Å². The molecule has 4 aromatic rings. The average molecular weight is 559 g/mol. The van der Waals surface area contributed by atoms with Gasteiger partial charge in [-0.3, -0.25) is 28.3 Å². The third-order valence-electron chi connectivity index (χ3n) is 7.32. The van der Waals surface area contributed by atoms with Gasteiger partial charge in [-0.25, -0.2) is 4.79 Å². The minimum absolute atomic E-state index is 0.0650. The molecule has 11 nitrogen and oxygen atoms in total. The summed E-state index contributed by atoms with van der Waals surface area (Å²) in [7, 11) is 0. The second-order valence-electron chi connectivity index (χ2n) is 10.5. The van der Waals surface area contributed by atoms with Crippen molar-refractivity contribution in [2.45, 2.75) is 65.7 Å². The highest BCUT2D eigenvalue weighted by atomic mass is 16.5. The van der Waals surface area contributed by atoms with Gasteiger partial charge < -0.3 is 15.4 Å². The van der Waals surface area contributed by atoms with Gasteiger partial charge in [-0.2, -0.15) is 4.98 Å². The Hall–Kier alpha value is -4.43. The fourth-order valence-electron chi connectivity index (χ4n) is 5.43. The maximum Gasteiger partial charge on any atom is 0.333 e. The van der Waals surface area contributed by atoms with E-state index in [0.29, 0.717) is 24.6 Å². The first-order chi connectivity index (χ1) is 19.8. The molecule has 1 unspecified atom stereocenters. The number of anilines is 1. The Morgan fingerprint density at radius 3 is 2.73 bits per heavy atom. The molecule has 1 aromatic carbocycles. The van der Waals surface area contributed by atoms with Gasteiger partial charge in [0.05, 0.1) is 31.9 Å². The molecule has 1 fully saturated rings. The number of benzene rings is 1. The molecule has 0 aliphatic carbocycles. The highest BCUT2D eigenvalue weighted by molar-refractivity contribution is 5.85. The molecule has 214 valence electrons. The molecule has 1 aliphatic heterocycles. The Balaban J connectivity index is 1.76. The van der Waals surface area contributed by atoms with Crippen LogP contribution in [0.25, 0.3) is 21.9 Å². The Morgan fingerprint density at radius 1 is 1.17 bits per heavy atom. The number of aryl methyl sites for hydroxylation is 1. The first kappa shape index (κ1) is 28.1. The van der Waals surface area contributed by atoms with E-state index in [0.717, 1.165) is 40.4 Å². The largest absolute Gasteiger partial charge is 0.464 e. The SMILES string of the molecule is CC#CCn1c(N2CCCC([NH3+])C2)nc2c1c(=O)n(Cc1nc(C)cc3ccccc13)c(=O)n2CC(=O)OCCC. The number of piperidine rings is 1. The highest BCUT2D eigenvalue weighted by Gasteiger charge is 2.28. The van der Waals surface area contributed by atoms with Crippen LogP contribution in [-0.2, 0) is 29.2 Å². The summed E-state index contributed by atoms with van der Waals surface area (Å²) in [5.41, 5.74) is 4.81. The van der Waals surface area contributed by atoms with Crippen molar-refractivity contribution in [1.82, 2.24) is 23.7 Å². The number of esters is 1. The number of hydrogen-bond acceptors (Lipinski definition) is 7. The number of hydrogen-bond donors (Lipinski definition) is 1. The zero-order chi connectivity index (χ0) is 29.1. The number of carbonyl (C=O) groups excluding carboxylic acids is 1. The Morgan fingerprint density at radius 2 is 1.98 bits per heavy atom. The Labute approximate surface area is 237 Å². The van der Waals surface area contributed by atoms with E-state index in [4.69, 9.17) is 9.72 Å². The molecule has 1 aliphatic rings. The van der Waals surface area contributed by atoms with Gasteiger partial charge in [0.15, 0.2) is 11.2 Å². The molecule has 0 bridgehead atoms. The van der Waals surface area contributed by atoms with Crippen LogP contribution in [0.5, 0.6) is 0 Å². The van der Waals surface area contributed by atoms with Crippen molar-refractivity contribution in [3.63, 3.8) is 0 Å². The number of ether oxygens (including phenoxy) is 1. The highest BCUT2D eigenvalue weighted by Crippen LogP contribution is 2.24. The molecule has 3 aromatic heterocycles. The number of pyridine rings is 1. The molecule has 5 rings (SSSR count). The topological polar surface area (TPSA) is 132 Å². The predicted molar refractivity (Wildman–Crippen MR) is 157 cm³/mol. The van der Waals surface area contributed by atoms with Gasteiger partial charge in [0.25, 0.3) is 5.56 Å². The fraction of sp³-hybridized carbons (Fsp3) is 0.433. The maximum atomic E-state index is 14.2. The van der Waals surface area contributed by atoms with Gasteiger partial charge in [-0.05, 0) is 38.1 Å². The molecule has 0 spiro atoms. The quantitative estimate of drug-likeness (QED) is 0.256. The molecule has 0 radical (unpaired) electrons. The molecule has 1 saturated heterocycles. The zero-order valence-corrected chi connectivity index (χ0v) is 23.9. The first-order valence-corrected chi connectivity index (χ1v) is 14.0. The third-order valence-corrected chi connectivity index (χ3v) is 7.32. The van der Waals surface area contributed by atoms with Crippen LogP contribution in [0.15, 0.2) is 39.9 Å². The van der Waals surface area contributed by atoms with Crippen molar-refractivity contribution in [3.8, 4) is 11.8 Å². The van der Waals surface area contributed by atoms with E-state index in [1.54, 1.807) is 11.5 Å². The van der Waals surface area contributed by atoms with Crippen LogP contribution in [-0.4, -0.2) is 55.4 Å². The Kier molecular flexibility index (Phi) is 8.21. The van der Waals surface area contributed by atoms with Crippen molar-refractivity contribution in [2.24, 2.45) is 0 Å². The second-order valence-corrected chi connectivity index (χ2v) is 10.5. The lowest BCUT2D eigenvalue weighted by Gasteiger charge is -2.29. The van der Waals surface area contributed by atoms with E-state index in [-0.39, 0.29) is 43.4 Å². The van der Waals surface area contributed by atoms with E-state index in [1.807, 2.05) is 44.2 Å². The maximum absolute atomic E-state index is 14.2. The van der Waals surface area contributed by atoms with Crippen LogP contribution >= 0.6 is 0 Å². The number of aromatic nitrogens is 5. The summed E-state index contributed by atoms with van der Waals surface area (Å²) in [4.78, 5) is 52.6. The second kappa shape index (κ2) is 12.0. The number of fused-ring (bicyclic) bond motifs is 2. The summed E-state index contributed by atoms with van der Waals surface area (Å²) < 4.78 is 9.47. The number of rotatable bonds is 8. The minimum atomic E-state index is -0.644. The number of carbonyl (C=O) groups is 1. The Bertz CT molecular complexity index is 1790. The molecule has 1 atom stereocenters.